The number of rotatable bonds is 3. The summed E-state index contributed by atoms with van der Waals surface area (Å²) in [7, 11) is 0. The molecule has 0 aliphatic rings. The minimum absolute atomic E-state index is 0.733. The molecule has 0 aliphatic heterocycles. The lowest BCUT2D eigenvalue weighted by molar-refractivity contribution is 1.18. The standard InChI is InChI=1S/C26H17BrN2/c27-23-14-13-18-11-12-21(15-22(18)16-23)25-17-24(19-7-3-1-4-8-19)28-26(29-25)20-9-5-2-6-10-20/h1-17H. The molecule has 0 atom stereocenters. The van der Waals surface area contributed by atoms with Crippen LogP contribution in [0.5, 0.6) is 0 Å². The van der Waals surface area contributed by atoms with Crippen LogP contribution in [0.1, 0.15) is 0 Å². The number of halogens is 1. The first-order valence-corrected chi connectivity index (χ1v) is 10.3. The molecule has 0 unspecified atom stereocenters. The molecule has 0 aliphatic carbocycles. The maximum Gasteiger partial charge on any atom is 0.160 e. The van der Waals surface area contributed by atoms with Gasteiger partial charge in [-0.15, -0.1) is 0 Å². The van der Waals surface area contributed by atoms with Gasteiger partial charge < -0.3 is 0 Å². The van der Waals surface area contributed by atoms with Crippen LogP contribution < -0.4 is 0 Å². The van der Waals surface area contributed by atoms with Gasteiger partial charge in [-0.1, -0.05) is 94.8 Å². The van der Waals surface area contributed by atoms with Crippen LogP contribution in [0.4, 0.5) is 0 Å². The highest BCUT2D eigenvalue weighted by Crippen LogP contribution is 2.30. The van der Waals surface area contributed by atoms with Crippen molar-refractivity contribution in [1.82, 2.24) is 9.97 Å². The van der Waals surface area contributed by atoms with Crippen molar-refractivity contribution in [3.63, 3.8) is 0 Å². The fourth-order valence-corrected chi connectivity index (χ4v) is 3.82. The molecular formula is C26H17BrN2. The average Bonchev–Trinajstić information content (AvgIpc) is 2.79. The largest absolute Gasteiger partial charge is 0.228 e. The van der Waals surface area contributed by atoms with Crippen LogP contribution in [0.2, 0.25) is 0 Å². The second-order valence-corrected chi connectivity index (χ2v) is 7.82. The van der Waals surface area contributed by atoms with Gasteiger partial charge in [-0.2, -0.15) is 0 Å². The van der Waals surface area contributed by atoms with Gasteiger partial charge in [0.1, 0.15) is 0 Å². The molecule has 0 radical (unpaired) electrons. The maximum absolute atomic E-state index is 4.91. The summed E-state index contributed by atoms with van der Waals surface area (Å²) in [4.78, 5) is 9.76. The minimum atomic E-state index is 0.733. The Morgan fingerprint density at radius 1 is 0.483 bits per heavy atom. The molecule has 4 aromatic carbocycles. The second kappa shape index (κ2) is 7.61. The molecule has 0 spiro atoms. The third-order valence-corrected chi connectivity index (χ3v) is 5.42. The van der Waals surface area contributed by atoms with E-state index in [2.05, 4.69) is 70.5 Å². The zero-order valence-electron chi connectivity index (χ0n) is 15.6. The molecule has 1 aromatic heterocycles. The van der Waals surface area contributed by atoms with Gasteiger partial charge in [-0.25, -0.2) is 9.97 Å². The first-order valence-electron chi connectivity index (χ1n) is 9.46. The van der Waals surface area contributed by atoms with E-state index < -0.39 is 0 Å². The summed E-state index contributed by atoms with van der Waals surface area (Å²) in [6.07, 6.45) is 0. The lowest BCUT2D eigenvalue weighted by Crippen LogP contribution is -1.95. The number of fused-ring (bicyclic) bond motifs is 1. The van der Waals surface area contributed by atoms with Crippen LogP contribution in [-0.2, 0) is 0 Å². The van der Waals surface area contributed by atoms with E-state index in [0.717, 1.165) is 38.4 Å². The van der Waals surface area contributed by atoms with Crippen molar-refractivity contribution in [1.29, 1.82) is 0 Å². The van der Waals surface area contributed by atoms with Crippen molar-refractivity contribution in [3.8, 4) is 33.9 Å². The van der Waals surface area contributed by atoms with E-state index in [4.69, 9.17) is 9.97 Å². The summed E-state index contributed by atoms with van der Waals surface area (Å²) in [5.74, 6) is 0.733. The Bertz CT molecular complexity index is 1240. The zero-order chi connectivity index (χ0) is 19.6. The smallest absolute Gasteiger partial charge is 0.160 e. The molecule has 5 aromatic rings. The molecule has 138 valence electrons. The van der Waals surface area contributed by atoms with Gasteiger partial charge in [0.2, 0.25) is 0 Å². The SMILES string of the molecule is Brc1ccc2ccc(-c3cc(-c4ccccc4)nc(-c4ccccc4)n3)cc2c1. The number of aromatic nitrogens is 2. The Morgan fingerprint density at radius 3 is 1.83 bits per heavy atom. The number of benzene rings is 4. The normalized spacial score (nSPS) is 10.9. The predicted octanol–water partition coefficient (Wildman–Crippen LogP) is 7.39. The molecule has 2 nitrogen and oxygen atoms in total. The molecule has 29 heavy (non-hydrogen) atoms. The highest BCUT2D eigenvalue weighted by Gasteiger charge is 2.11. The van der Waals surface area contributed by atoms with E-state index in [1.807, 2.05) is 48.5 Å². The Morgan fingerprint density at radius 2 is 1.10 bits per heavy atom. The Hall–Kier alpha value is -3.30. The van der Waals surface area contributed by atoms with Crippen LogP contribution in [0.3, 0.4) is 0 Å². The number of nitrogens with zero attached hydrogens (tertiary/aromatic N) is 2. The fraction of sp³-hybridized carbons (Fsp3) is 0. The van der Waals surface area contributed by atoms with Crippen LogP contribution >= 0.6 is 15.9 Å². The minimum Gasteiger partial charge on any atom is -0.228 e. The molecular weight excluding hydrogens is 420 g/mol. The van der Waals surface area contributed by atoms with Crippen molar-refractivity contribution in [3.05, 3.63) is 108 Å². The molecule has 0 fully saturated rings. The summed E-state index contributed by atoms with van der Waals surface area (Å²) in [5, 5.41) is 2.38. The Kier molecular flexibility index (Phi) is 4.66. The fourth-order valence-electron chi connectivity index (χ4n) is 3.45. The summed E-state index contributed by atoms with van der Waals surface area (Å²) in [6, 6.07) is 35.2. The summed E-state index contributed by atoms with van der Waals surface area (Å²) in [5.41, 5.74) is 5.00. The lowest BCUT2D eigenvalue weighted by Gasteiger charge is -2.10. The van der Waals surface area contributed by atoms with Gasteiger partial charge in [-0.05, 0) is 35.0 Å². The Labute approximate surface area is 178 Å². The first kappa shape index (κ1) is 17.8. The quantitative estimate of drug-likeness (QED) is 0.294. The summed E-state index contributed by atoms with van der Waals surface area (Å²) >= 11 is 3.57. The third-order valence-electron chi connectivity index (χ3n) is 4.93. The summed E-state index contributed by atoms with van der Waals surface area (Å²) in [6.45, 7) is 0. The number of hydrogen-bond acceptors (Lipinski definition) is 2. The monoisotopic (exact) mass is 436 g/mol. The van der Waals surface area contributed by atoms with Crippen molar-refractivity contribution >= 4 is 26.7 Å². The van der Waals surface area contributed by atoms with Crippen LogP contribution in [-0.4, -0.2) is 9.97 Å². The van der Waals surface area contributed by atoms with Crippen LogP contribution in [0.15, 0.2) is 108 Å². The van der Waals surface area contributed by atoms with Gasteiger partial charge in [0.05, 0.1) is 11.4 Å². The van der Waals surface area contributed by atoms with E-state index in [1.165, 1.54) is 10.8 Å². The maximum atomic E-state index is 4.91. The predicted molar refractivity (Wildman–Crippen MR) is 124 cm³/mol. The van der Waals surface area contributed by atoms with Gasteiger partial charge in [0, 0.05) is 21.2 Å². The van der Waals surface area contributed by atoms with E-state index >= 15 is 0 Å². The van der Waals surface area contributed by atoms with Crippen molar-refractivity contribution < 1.29 is 0 Å². The average molecular weight is 437 g/mol. The molecule has 5 rings (SSSR count). The Balaban J connectivity index is 1.71. The molecule has 1 heterocycles. The molecule has 3 heteroatoms. The molecule has 0 amide bonds. The van der Waals surface area contributed by atoms with Crippen LogP contribution in [0, 0.1) is 0 Å². The van der Waals surface area contributed by atoms with Gasteiger partial charge in [-0.3, -0.25) is 0 Å². The molecule has 0 saturated carbocycles. The van der Waals surface area contributed by atoms with Crippen molar-refractivity contribution in [2.24, 2.45) is 0 Å². The highest BCUT2D eigenvalue weighted by atomic mass is 79.9. The first-order chi connectivity index (χ1) is 14.3. The lowest BCUT2D eigenvalue weighted by atomic mass is 10.0. The number of hydrogen-bond donors (Lipinski definition) is 0. The van der Waals surface area contributed by atoms with Crippen molar-refractivity contribution in [2.45, 2.75) is 0 Å². The third kappa shape index (κ3) is 3.69. The summed E-state index contributed by atoms with van der Waals surface area (Å²) < 4.78 is 1.07. The van der Waals surface area contributed by atoms with Gasteiger partial charge >= 0.3 is 0 Å². The van der Waals surface area contributed by atoms with Crippen LogP contribution in [0.25, 0.3) is 44.7 Å². The van der Waals surface area contributed by atoms with E-state index in [0.29, 0.717) is 0 Å². The highest BCUT2D eigenvalue weighted by molar-refractivity contribution is 9.10. The van der Waals surface area contributed by atoms with E-state index in [1.54, 1.807) is 0 Å². The van der Waals surface area contributed by atoms with E-state index in [9.17, 15) is 0 Å². The van der Waals surface area contributed by atoms with E-state index in [-0.39, 0.29) is 0 Å². The molecule has 0 N–H and O–H groups in total. The van der Waals surface area contributed by atoms with Crippen molar-refractivity contribution in [2.75, 3.05) is 0 Å². The van der Waals surface area contributed by atoms with Gasteiger partial charge in [0.25, 0.3) is 0 Å². The van der Waals surface area contributed by atoms with Gasteiger partial charge in [0.15, 0.2) is 5.82 Å². The second-order valence-electron chi connectivity index (χ2n) is 6.90. The topological polar surface area (TPSA) is 25.8 Å². The molecule has 0 bridgehead atoms. The zero-order valence-corrected chi connectivity index (χ0v) is 17.2. The molecule has 0 saturated heterocycles.